The number of rotatable bonds is 4. The summed E-state index contributed by atoms with van der Waals surface area (Å²) >= 11 is 0. The monoisotopic (exact) mass is 391 g/mol. The van der Waals surface area contributed by atoms with Crippen LogP contribution in [0.25, 0.3) is 16.8 Å². The largest absolute Gasteiger partial charge is 0.349 e. The molecular weight excluding hydrogens is 366 g/mol. The van der Waals surface area contributed by atoms with Gasteiger partial charge in [-0.25, -0.2) is 4.52 Å². The number of piperidine rings is 1. The van der Waals surface area contributed by atoms with Crippen molar-refractivity contribution in [2.45, 2.75) is 39.2 Å². The van der Waals surface area contributed by atoms with Crippen LogP contribution in [-0.4, -0.2) is 50.4 Å². The average molecular weight is 391 g/mol. The number of carbonyl (C=O) groups is 2. The summed E-state index contributed by atoms with van der Waals surface area (Å²) < 4.78 is 1.77. The molecule has 1 N–H and O–H groups in total. The summed E-state index contributed by atoms with van der Waals surface area (Å²) in [6, 6.07) is 9.36. The molecule has 3 aromatic heterocycles. The second kappa shape index (κ2) is 8.03. The number of hydrogen-bond acceptors (Lipinski definition) is 4. The molecule has 0 aromatic carbocycles. The molecule has 0 bridgehead atoms. The molecule has 0 saturated carbocycles. The van der Waals surface area contributed by atoms with Crippen LogP contribution in [0.1, 0.15) is 54.0 Å². The van der Waals surface area contributed by atoms with Crippen LogP contribution in [0.3, 0.4) is 0 Å². The highest BCUT2D eigenvalue weighted by Gasteiger charge is 2.22. The Hall–Kier alpha value is -3.22. The molecule has 1 aliphatic heterocycles. The highest BCUT2D eigenvalue weighted by Crippen LogP contribution is 2.23. The highest BCUT2D eigenvalue weighted by atomic mass is 16.2. The third-order valence-corrected chi connectivity index (χ3v) is 5.13. The number of nitrogens with one attached hydrogen (secondary N) is 1. The molecular formula is C22H25N5O2. The van der Waals surface area contributed by atoms with Gasteiger partial charge >= 0.3 is 0 Å². The van der Waals surface area contributed by atoms with E-state index in [1.54, 1.807) is 23.0 Å². The van der Waals surface area contributed by atoms with E-state index in [1.807, 2.05) is 43.0 Å². The van der Waals surface area contributed by atoms with Gasteiger partial charge in [-0.3, -0.25) is 14.6 Å². The fraction of sp³-hybridized carbons (Fsp3) is 0.364. The molecule has 7 heteroatoms. The van der Waals surface area contributed by atoms with Crippen LogP contribution in [0.2, 0.25) is 0 Å². The first-order valence-corrected chi connectivity index (χ1v) is 10.1. The number of hydrogen-bond donors (Lipinski definition) is 1. The van der Waals surface area contributed by atoms with E-state index in [4.69, 9.17) is 0 Å². The van der Waals surface area contributed by atoms with Crippen molar-refractivity contribution in [1.82, 2.24) is 24.8 Å². The number of carbonyl (C=O) groups excluding carboxylic acids is 2. The quantitative estimate of drug-likeness (QED) is 0.741. The van der Waals surface area contributed by atoms with Gasteiger partial charge in [0, 0.05) is 30.9 Å². The number of fused-ring (bicyclic) bond motifs is 1. The van der Waals surface area contributed by atoms with Gasteiger partial charge in [0.1, 0.15) is 5.69 Å². The molecule has 2 amide bonds. The molecule has 4 rings (SSSR count). The summed E-state index contributed by atoms with van der Waals surface area (Å²) in [7, 11) is 0. The Kier molecular flexibility index (Phi) is 5.29. The maximum absolute atomic E-state index is 12.9. The molecule has 150 valence electrons. The minimum atomic E-state index is -0.196. The molecule has 0 radical (unpaired) electrons. The van der Waals surface area contributed by atoms with Gasteiger partial charge in [-0.05, 0) is 57.4 Å². The molecule has 0 atom stereocenters. The number of likely N-dealkylation sites (tertiary alicyclic amines) is 1. The van der Waals surface area contributed by atoms with Crippen LogP contribution in [0.4, 0.5) is 0 Å². The van der Waals surface area contributed by atoms with Gasteiger partial charge in [0.05, 0.1) is 23.0 Å². The Morgan fingerprint density at radius 1 is 1.03 bits per heavy atom. The smallest absolute Gasteiger partial charge is 0.270 e. The third kappa shape index (κ3) is 3.85. The Morgan fingerprint density at radius 3 is 2.52 bits per heavy atom. The standard InChI is InChI=1S/C22H25N5O2/c1-15(2)25-21(28)18-10-9-16(13-23-18)19-7-6-8-20-17(14-24-27(19)20)22(29)26-11-4-3-5-12-26/h6-10,13-15H,3-5,11-12H2,1-2H3,(H,25,28). The predicted molar refractivity (Wildman–Crippen MR) is 111 cm³/mol. The fourth-order valence-corrected chi connectivity index (χ4v) is 3.68. The van der Waals surface area contributed by atoms with Crippen molar-refractivity contribution in [3.8, 4) is 11.3 Å². The van der Waals surface area contributed by atoms with Crippen LogP contribution < -0.4 is 5.32 Å². The van der Waals surface area contributed by atoms with Crippen molar-refractivity contribution in [1.29, 1.82) is 0 Å². The van der Waals surface area contributed by atoms with Crippen molar-refractivity contribution in [3.63, 3.8) is 0 Å². The fourth-order valence-electron chi connectivity index (χ4n) is 3.68. The SMILES string of the molecule is CC(C)NC(=O)c1ccc(-c2cccc3c(C(=O)N4CCCCC4)cnn23)cn1. The van der Waals surface area contributed by atoms with Gasteiger partial charge in [0.25, 0.3) is 11.8 Å². The first kappa shape index (κ1) is 19.1. The minimum Gasteiger partial charge on any atom is -0.349 e. The van der Waals surface area contributed by atoms with Gasteiger partial charge in [-0.2, -0.15) is 5.10 Å². The van der Waals surface area contributed by atoms with E-state index >= 15 is 0 Å². The summed E-state index contributed by atoms with van der Waals surface area (Å²) in [5, 5.41) is 7.30. The lowest BCUT2D eigenvalue weighted by molar-refractivity contribution is 0.0726. The van der Waals surface area contributed by atoms with Crippen molar-refractivity contribution in [3.05, 3.63) is 54.0 Å². The minimum absolute atomic E-state index is 0.0377. The maximum Gasteiger partial charge on any atom is 0.270 e. The molecule has 29 heavy (non-hydrogen) atoms. The van der Waals surface area contributed by atoms with E-state index < -0.39 is 0 Å². The lowest BCUT2D eigenvalue weighted by atomic mass is 10.1. The van der Waals surface area contributed by atoms with Gasteiger partial charge in [0.15, 0.2) is 0 Å². The van der Waals surface area contributed by atoms with E-state index in [0.717, 1.165) is 42.7 Å². The Bertz CT molecular complexity index is 1030. The van der Waals surface area contributed by atoms with E-state index in [1.165, 1.54) is 6.42 Å². The second-order valence-corrected chi connectivity index (χ2v) is 7.68. The maximum atomic E-state index is 12.9. The van der Waals surface area contributed by atoms with Crippen molar-refractivity contribution in [2.24, 2.45) is 0 Å². The zero-order valence-corrected chi connectivity index (χ0v) is 16.8. The Labute approximate surface area is 169 Å². The van der Waals surface area contributed by atoms with Crippen LogP contribution in [0.5, 0.6) is 0 Å². The summed E-state index contributed by atoms with van der Waals surface area (Å²) in [5.74, 6) is -0.158. The molecule has 1 aliphatic rings. The number of nitrogens with zero attached hydrogens (tertiary/aromatic N) is 4. The lowest BCUT2D eigenvalue weighted by Gasteiger charge is -2.26. The van der Waals surface area contributed by atoms with E-state index in [0.29, 0.717) is 11.3 Å². The van der Waals surface area contributed by atoms with Crippen molar-refractivity contribution >= 4 is 17.3 Å². The summed E-state index contributed by atoms with van der Waals surface area (Å²) in [5.41, 5.74) is 3.42. The van der Waals surface area contributed by atoms with Crippen LogP contribution in [0, 0.1) is 0 Å². The second-order valence-electron chi connectivity index (χ2n) is 7.68. The highest BCUT2D eigenvalue weighted by molar-refractivity contribution is 6.01. The lowest BCUT2D eigenvalue weighted by Crippen LogP contribution is -2.35. The van der Waals surface area contributed by atoms with Gasteiger partial charge < -0.3 is 10.2 Å². The zero-order chi connectivity index (χ0) is 20.4. The molecule has 4 heterocycles. The first-order valence-electron chi connectivity index (χ1n) is 10.1. The van der Waals surface area contributed by atoms with Crippen molar-refractivity contribution < 1.29 is 9.59 Å². The first-order chi connectivity index (χ1) is 14.0. The number of pyridine rings is 2. The third-order valence-electron chi connectivity index (χ3n) is 5.13. The predicted octanol–water partition coefficient (Wildman–Crippen LogP) is 3.16. The van der Waals surface area contributed by atoms with E-state index in [-0.39, 0.29) is 17.9 Å². The average Bonchev–Trinajstić information content (AvgIpc) is 3.18. The van der Waals surface area contributed by atoms with Crippen LogP contribution in [-0.2, 0) is 0 Å². The Morgan fingerprint density at radius 2 is 1.83 bits per heavy atom. The molecule has 0 aliphatic carbocycles. The van der Waals surface area contributed by atoms with E-state index in [9.17, 15) is 9.59 Å². The molecule has 3 aromatic rings. The molecule has 7 nitrogen and oxygen atoms in total. The molecule has 1 fully saturated rings. The summed E-state index contributed by atoms with van der Waals surface area (Å²) in [4.78, 5) is 31.3. The Balaban J connectivity index is 1.64. The van der Waals surface area contributed by atoms with Gasteiger partial charge in [0.2, 0.25) is 0 Å². The topological polar surface area (TPSA) is 79.6 Å². The summed E-state index contributed by atoms with van der Waals surface area (Å²) in [6.45, 7) is 5.43. The zero-order valence-electron chi connectivity index (χ0n) is 16.8. The normalized spacial score (nSPS) is 14.4. The number of amides is 2. The van der Waals surface area contributed by atoms with Crippen LogP contribution in [0.15, 0.2) is 42.7 Å². The number of aromatic nitrogens is 3. The van der Waals surface area contributed by atoms with Crippen LogP contribution >= 0.6 is 0 Å². The van der Waals surface area contributed by atoms with Crippen molar-refractivity contribution in [2.75, 3.05) is 13.1 Å². The molecule has 0 unspecified atom stereocenters. The molecule has 1 saturated heterocycles. The van der Waals surface area contributed by atoms with Gasteiger partial charge in [-0.15, -0.1) is 0 Å². The molecule has 0 spiro atoms. The van der Waals surface area contributed by atoms with E-state index in [2.05, 4.69) is 15.4 Å². The van der Waals surface area contributed by atoms with Gasteiger partial charge in [-0.1, -0.05) is 6.07 Å². The summed E-state index contributed by atoms with van der Waals surface area (Å²) in [6.07, 6.45) is 6.60.